The van der Waals surface area contributed by atoms with Crippen LogP contribution in [0.2, 0.25) is 0 Å². The van der Waals surface area contributed by atoms with Gasteiger partial charge >= 0.3 is 5.97 Å². The molecule has 1 amide bonds. The zero-order chi connectivity index (χ0) is 29.6. The molecule has 0 aromatic heterocycles. The first-order valence-electron chi connectivity index (χ1n) is 15.3. The Morgan fingerprint density at radius 2 is 1.88 bits per heavy atom. The zero-order valence-corrected chi connectivity index (χ0v) is 26.1. The van der Waals surface area contributed by atoms with Crippen molar-refractivity contribution in [3.8, 4) is 0 Å². The number of thioether (sulfide) groups is 1. The second-order valence-electron chi connectivity index (χ2n) is 14.2. The summed E-state index contributed by atoms with van der Waals surface area (Å²) >= 11 is 1.39. The van der Waals surface area contributed by atoms with Crippen molar-refractivity contribution >= 4 is 29.4 Å². The summed E-state index contributed by atoms with van der Waals surface area (Å²) in [4.78, 5) is 39.2. The third kappa shape index (κ3) is 5.42. The van der Waals surface area contributed by atoms with Gasteiger partial charge in [-0.05, 0) is 62.2 Å². The van der Waals surface area contributed by atoms with Crippen molar-refractivity contribution in [3.63, 3.8) is 0 Å². The SMILES string of the molecule is C=C[C@]1(C)C[C@@H](OC(=O)CS[C@H]2C[C@@H](NC(=O)C(C)C)CC[C@H]2O)[C@]2(C)C(C)CCC3(CCC(=O)[C@H]32)[C@@H](C)[C@@H]1O. The van der Waals surface area contributed by atoms with Gasteiger partial charge in [0.25, 0.3) is 0 Å². The number of carbonyl (C=O) groups excluding carboxylic acids is 3. The highest BCUT2D eigenvalue weighted by molar-refractivity contribution is 8.00. The van der Waals surface area contributed by atoms with E-state index in [2.05, 4.69) is 32.7 Å². The standard InChI is InChI=1S/C32H51NO6S/c1-8-30(6)16-25(31(7)19(4)11-13-32(20(5)28(30)37)14-12-23(35)27(31)32)39-26(36)17-40-24-15-21(9-10-22(24)34)33-29(38)18(2)3/h8,18-22,24-25,27-28,34,37H,1,9-17H2,2-7H3,(H,33,38)/t19?,20-,21-,22+,24-,25+,27-,28-,30+,31-,32?/m0/s1. The van der Waals surface area contributed by atoms with Gasteiger partial charge in [0.2, 0.25) is 5.91 Å². The number of carbonyl (C=O) groups is 3. The van der Waals surface area contributed by atoms with Crippen molar-refractivity contribution in [1.82, 2.24) is 5.32 Å². The van der Waals surface area contributed by atoms with Gasteiger partial charge in [0.05, 0.1) is 18.0 Å². The number of rotatable bonds is 7. The molecule has 4 fully saturated rings. The summed E-state index contributed by atoms with van der Waals surface area (Å²) in [5.41, 5.74) is -1.51. The van der Waals surface area contributed by atoms with Crippen LogP contribution in [-0.2, 0) is 19.1 Å². The molecule has 0 aliphatic heterocycles. The van der Waals surface area contributed by atoms with Crippen LogP contribution in [0.15, 0.2) is 12.7 Å². The largest absolute Gasteiger partial charge is 0.461 e. The molecule has 2 bridgehead atoms. The van der Waals surface area contributed by atoms with E-state index in [4.69, 9.17) is 4.74 Å². The predicted molar refractivity (Wildman–Crippen MR) is 158 cm³/mol. The van der Waals surface area contributed by atoms with E-state index in [1.54, 1.807) is 0 Å². The van der Waals surface area contributed by atoms with Crippen LogP contribution in [-0.4, -0.2) is 63.2 Å². The molecular formula is C32H51NO6S. The second kappa shape index (κ2) is 11.7. The highest BCUT2D eigenvalue weighted by Gasteiger charge is 2.68. The van der Waals surface area contributed by atoms with Gasteiger partial charge in [0, 0.05) is 40.4 Å². The van der Waals surface area contributed by atoms with Crippen LogP contribution in [0.5, 0.6) is 0 Å². The van der Waals surface area contributed by atoms with Crippen molar-refractivity contribution < 1.29 is 29.3 Å². The molecule has 40 heavy (non-hydrogen) atoms. The lowest BCUT2D eigenvalue weighted by Crippen LogP contribution is -2.63. The Hall–Kier alpha value is -1.38. The first-order chi connectivity index (χ1) is 18.7. The highest BCUT2D eigenvalue weighted by Crippen LogP contribution is 2.68. The predicted octanol–water partition coefficient (Wildman–Crippen LogP) is 4.68. The maximum absolute atomic E-state index is 13.6. The molecular weight excluding hydrogens is 526 g/mol. The monoisotopic (exact) mass is 577 g/mol. The van der Waals surface area contributed by atoms with E-state index >= 15 is 0 Å². The van der Waals surface area contributed by atoms with E-state index in [9.17, 15) is 24.6 Å². The van der Waals surface area contributed by atoms with Crippen molar-refractivity contribution in [2.45, 2.75) is 123 Å². The quantitative estimate of drug-likeness (QED) is 0.297. The Morgan fingerprint density at radius 3 is 2.52 bits per heavy atom. The Morgan fingerprint density at radius 1 is 1.18 bits per heavy atom. The molecule has 0 aromatic carbocycles. The molecule has 4 saturated carbocycles. The van der Waals surface area contributed by atoms with E-state index in [0.29, 0.717) is 25.7 Å². The lowest BCUT2D eigenvalue weighted by molar-refractivity contribution is -0.205. The van der Waals surface area contributed by atoms with Crippen LogP contribution < -0.4 is 5.32 Å². The fraction of sp³-hybridized carbons (Fsp3) is 0.844. The maximum Gasteiger partial charge on any atom is 0.316 e. The van der Waals surface area contributed by atoms with Gasteiger partial charge < -0.3 is 20.3 Å². The van der Waals surface area contributed by atoms with Crippen LogP contribution in [0.4, 0.5) is 0 Å². The van der Waals surface area contributed by atoms with E-state index in [1.807, 2.05) is 26.8 Å². The van der Waals surface area contributed by atoms with Crippen LogP contribution >= 0.6 is 11.8 Å². The van der Waals surface area contributed by atoms with Crippen LogP contribution in [0, 0.1) is 39.9 Å². The molecule has 0 heterocycles. The Bertz CT molecular complexity index is 1000. The van der Waals surface area contributed by atoms with Gasteiger partial charge in [-0.2, -0.15) is 0 Å². The summed E-state index contributed by atoms with van der Waals surface area (Å²) in [7, 11) is 0. The number of esters is 1. The molecule has 8 heteroatoms. The summed E-state index contributed by atoms with van der Waals surface area (Å²) in [6.07, 6.45) is 5.47. The van der Waals surface area contributed by atoms with Gasteiger partial charge in [0.15, 0.2) is 0 Å². The Balaban J connectivity index is 1.54. The van der Waals surface area contributed by atoms with Crippen LogP contribution in [0.1, 0.15) is 92.9 Å². The number of nitrogens with one attached hydrogen (secondary N) is 1. The first kappa shape index (κ1) is 31.6. The number of amides is 1. The molecule has 2 unspecified atom stereocenters. The van der Waals surface area contributed by atoms with E-state index in [1.165, 1.54) is 11.8 Å². The van der Waals surface area contributed by atoms with Gasteiger partial charge in [-0.1, -0.05) is 47.6 Å². The molecule has 0 saturated heterocycles. The van der Waals surface area contributed by atoms with E-state index < -0.39 is 29.1 Å². The molecule has 0 spiro atoms. The number of hydrogen-bond acceptors (Lipinski definition) is 7. The highest BCUT2D eigenvalue weighted by atomic mass is 32.2. The average Bonchev–Trinajstić information content (AvgIpc) is 3.27. The topological polar surface area (TPSA) is 113 Å². The molecule has 226 valence electrons. The third-order valence-electron chi connectivity index (χ3n) is 11.6. The third-order valence-corrected chi connectivity index (χ3v) is 13.0. The molecule has 7 nitrogen and oxygen atoms in total. The van der Waals surface area contributed by atoms with Crippen LogP contribution in [0.3, 0.4) is 0 Å². The fourth-order valence-electron chi connectivity index (χ4n) is 8.66. The van der Waals surface area contributed by atoms with Crippen LogP contribution in [0.25, 0.3) is 0 Å². The van der Waals surface area contributed by atoms with E-state index in [0.717, 1.165) is 25.7 Å². The van der Waals surface area contributed by atoms with Gasteiger partial charge in [-0.3, -0.25) is 14.4 Å². The average molecular weight is 578 g/mol. The molecule has 11 atom stereocenters. The summed E-state index contributed by atoms with van der Waals surface area (Å²) in [6, 6.07) is -0.0160. The van der Waals surface area contributed by atoms with Gasteiger partial charge in [-0.15, -0.1) is 18.3 Å². The molecule has 0 radical (unpaired) electrons. The summed E-state index contributed by atoms with van der Waals surface area (Å²) in [6.45, 7) is 16.2. The minimum absolute atomic E-state index is 0.00277. The van der Waals surface area contributed by atoms with Crippen molar-refractivity contribution in [3.05, 3.63) is 12.7 Å². The number of Topliss-reactive ketones (excluding diaryl/α,β-unsaturated/α-hetero) is 1. The number of ketones is 1. The number of aliphatic hydroxyl groups excluding tert-OH is 2. The molecule has 0 aromatic rings. The Labute approximate surface area is 244 Å². The minimum Gasteiger partial charge on any atom is -0.461 e. The van der Waals surface area contributed by atoms with Crippen molar-refractivity contribution in [1.29, 1.82) is 0 Å². The lowest BCUT2D eigenvalue weighted by atomic mass is 9.44. The molecule has 4 aliphatic rings. The summed E-state index contributed by atoms with van der Waals surface area (Å²) in [5.74, 6) is -0.273. The number of hydrogen-bond donors (Lipinski definition) is 3. The zero-order valence-electron chi connectivity index (χ0n) is 25.3. The second-order valence-corrected chi connectivity index (χ2v) is 15.4. The summed E-state index contributed by atoms with van der Waals surface area (Å²) < 4.78 is 6.35. The smallest absolute Gasteiger partial charge is 0.316 e. The van der Waals surface area contributed by atoms with E-state index in [-0.39, 0.29) is 63.8 Å². The lowest BCUT2D eigenvalue weighted by Gasteiger charge is -2.61. The maximum atomic E-state index is 13.6. The number of aliphatic hydroxyl groups is 2. The Kier molecular flexibility index (Phi) is 9.24. The molecule has 4 aliphatic carbocycles. The molecule has 3 N–H and O–H groups in total. The van der Waals surface area contributed by atoms with Gasteiger partial charge in [-0.25, -0.2) is 0 Å². The minimum atomic E-state index is -0.692. The normalized spacial score (nSPS) is 45.3. The van der Waals surface area contributed by atoms with Gasteiger partial charge in [0.1, 0.15) is 11.9 Å². The molecule has 4 rings (SSSR count). The fourth-order valence-corrected chi connectivity index (χ4v) is 9.81. The number of ether oxygens (including phenoxy) is 1. The summed E-state index contributed by atoms with van der Waals surface area (Å²) in [5, 5.41) is 25.2. The van der Waals surface area contributed by atoms with Crippen molar-refractivity contribution in [2.24, 2.45) is 39.9 Å². The first-order valence-corrected chi connectivity index (χ1v) is 16.4. The van der Waals surface area contributed by atoms with Crippen molar-refractivity contribution in [2.75, 3.05) is 5.75 Å².